The van der Waals surface area contributed by atoms with Crippen LogP contribution < -0.4 is 16.8 Å². The summed E-state index contributed by atoms with van der Waals surface area (Å²) in [6.45, 7) is 0.535. The zero-order valence-electron chi connectivity index (χ0n) is 20.3. The van der Waals surface area contributed by atoms with Crippen molar-refractivity contribution in [3.05, 3.63) is 78.5 Å². The van der Waals surface area contributed by atoms with Crippen LogP contribution in [-0.2, 0) is 11.0 Å². The van der Waals surface area contributed by atoms with Crippen LogP contribution in [0.4, 0.5) is 18.9 Å². The molecule has 1 atom stereocenters. The monoisotopic (exact) mass is 521 g/mol. The smallest absolute Gasteiger partial charge is 0.435 e. The fourth-order valence-corrected chi connectivity index (χ4v) is 4.37. The number of benzene rings is 3. The number of nitrogens with one attached hydrogen (secondary N) is 1. The van der Waals surface area contributed by atoms with Crippen molar-refractivity contribution in [1.29, 1.82) is 0 Å². The largest absolute Gasteiger partial charge is 0.456 e. The maximum Gasteiger partial charge on any atom is 0.435 e. The number of fused-ring (bicyclic) bond motifs is 3. The molecule has 1 amide bonds. The van der Waals surface area contributed by atoms with Gasteiger partial charge in [-0.25, -0.2) is 4.68 Å². The number of alkyl halides is 3. The van der Waals surface area contributed by atoms with Crippen LogP contribution >= 0.6 is 0 Å². The molecule has 10 heteroatoms. The number of nitrogens with two attached hydrogens (primary N) is 2. The molecule has 196 valence electrons. The van der Waals surface area contributed by atoms with Crippen LogP contribution in [0.5, 0.6) is 0 Å². The number of furan rings is 1. The van der Waals surface area contributed by atoms with Crippen molar-refractivity contribution >= 4 is 33.5 Å². The van der Waals surface area contributed by atoms with Crippen molar-refractivity contribution in [2.24, 2.45) is 11.5 Å². The summed E-state index contributed by atoms with van der Waals surface area (Å²) in [5.41, 5.74) is 13.3. The number of nitrogens with zero attached hydrogens (tertiary/aromatic N) is 2. The van der Waals surface area contributed by atoms with Gasteiger partial charge < -0.3 is 21.2 Å². The minimum Gasteiger partial charge on any atom is -0.456 e. The van der Waals surface area contributed by atoms with Gasteiger partial charge in [-0.1, -0.05) is 30.7 Å². The third-order valence-electron chi connectivity index (χ3n) is 6.36. The van der Waals surface area contributed by atoms with Gasteiger partial charge in [0.15, 0.2) is 5.69 Å². The lowest BCUT2D eigenvalue weighted by Crippen LogP contribution is -2.35. The predicted octanol–water partition coefficient (Wildman–Crippen LogP) is 5.85. The van der Waals surface area contributed by atoms with E-state index in [0.29, 0.717) is 41.1 Å². The van der Waals surface area contributed by atoms with Gasteiger partial charge in [-0.15, -0.1) is 0 Å². The lowest BCUT2D eigenvalue weighted by atomic mass is 10.1. The Balaban J connectivity index is 1.46. The minimum absolute atomic E-state index is 0.249. The molecule has 0 aliphatic rings. The van der Waals surface area contributed by atoms with Crippen molar-refractivity contribution in [2.45, 2.75) is 31.5 Å². The number of halogens is 3. The summed E-state index contributed by atoms with van der Waals surface area (Å²) >= 11 is 0. The maximum absolute atomic E-state index is 13.6. The number of aromatic nitrogens is 2. The second-order valence-electron chi connectivity index (χ2n) is 9.06. The average molecular weight is 522 g/mol. The molecule has 0 aliphatic carbocycles. The van der Waals surface area contributed by atoms with Gasteiger partial charge in [-0.05, 0) is 67.9 Å². The number of amides is 1. The lowest BCUT2D eigenvalue weighted by molar-refractivity contribution is -0.141. The zero-order valence-corrected chi connectivity index (χ0v) is 20.3. The Kier molecular flexibility index (Phi) is 6.92. The number of carbonyl (C=O) groups excluding carboxylic acids is 1. The highest BCUT2D eigenvalue weighted by molar-refractivity contribution is 6.05. The number of para-hydroxylation sites is 1. The first-order chi connectivity index (χ1) is 18.2. The molecule has 5 rings (SSSR count). The van der Waals surface area contributed by atoms with Gasteiger partial charge in [0.05, 0.1) is 17.4 Å². The van der Waals surface area contributed by atoms with Crippen molar-refractivity contribution in [1.82, 2.24) is 9.78 Å². The molecule has 5 aromatic rings. The Morgan fingerprint density at radius 1 is 0.974 bits per heavy atom. The number of carbonyl (C=O) groups is 1. The van der Waals surface area contributed by atoms with Crippen LogP contribution in [0.1, 0.15) is 25.0 Å². The number of anilines is 1. The number of hydrogen-bond acceptors (Lipinski definition) is 5. The topological polar surface area (TPSA) is 112 Å². The van der Waals surface area contributed by atoms with Crippen LogP contribution in [0.15, 0.2) is 77.2 Å². The third kappa shape index (κ3) is 5.13. The molecule has 0 saturated carbocycles. The Hall–Kier alpha value is -4.15. The van der Waals surface area contributed by atoms with E-state index in [1.807, 2.05) is 30.3 Å². The van der Waals surface area contributed by atoms with Crippen molar-refractivity contribution in [3.63, 3.8) is 0 Å². The summed E-state index contributed by atoms with van der Waals surface area (Å²) < 4.78 is 48.1. The molecule has 0 radical (unpaired) electrons. The standard InChI is InChI=1S/C28H26F3N5O2/c29-28(30,31)26-16-23(17-8-13-21-20-5-1-2-7-24(20)38-25(21)15-17)36(35-26)19-11-9-18(10-12-19)34-27(37)22(33)6-3-4-14-32/h1-2,5,7-13,15-16,22H,3-4,6,14,32-33H2,(H,34,37)/t22-/m1/s1. The van der Waals surface area contributed by atoms with E-state index in [-0.39, 0.29) is 11.6 Å². The minimum atomic E-state index is -4.63. The van der Waals surface area contributed by atoms with E-state index in [4.69, 9.17) is 15.9 Å². The van der Waals surface area contributed by atoms with Gasteiger partial charge in [0.2, 0.25) is 5.91 Å². The first-order valence-electron chi connectivity index (χ1n) is 12.2. The highest BCUT2D eigenvalue weighted by atomic mass is 19.4. The quantitative estimate of drug-likeness (QED) is 0.222. The first-order valence-corrected chi connectivity index (χ1v) is 12.2. The van der Waals surface area contributed by atoms with Gasteiger partial charge in [-0.2, -0.15) is 18.3 Å². The molecule has 3 aromatic carbocycles. The molecule has 2 heterocycles. The Labute approximate surface area is 216 Å². The van der Waals surface area contributed by atoms with Crippen molar-refractivity contribution < 1.29 is 22.4 Å². The van der Waals surface area contributed by atoms with Crippen LogP contribution in [-0.4, -0.2) is 28.3 Å². The Morgan fingerprint density at radius 3 is 2.45 bits per heavy atom. The summed E-state index contributed by atoms with van der Waals surface area (Å²) in [7, 11) is 0. The number of rotatable bonds is 8. The second-order valence-corrected chi connectivity index (χ2v) is 9.06. The molecule has 0 unspecified atom stereocenters. The molecule has 7 nitrogen and oxygen atoms in total. The van der Waals surface area contributed by atoms with E-state index in [0.717, 1.165) is 29.7 Å². The van der Waals surface area contributed by atoms with Crippen LogP contribution in [0.25, 0.3) is 38.9 Å². The fraction of sp³-hybridized carbons (Fsp3) is 0.214. The van der Waals surface area contributed by atoms with E-state index < -0.39 is 17.9 Å². The number of hydrogen-bond donors (Lipinski definition) is 3. The molecule has 38 heavy (non-hydrogen) atoms. The van der Waals surface area contributed by atoms with Crippen molar-refractivity contribution in [3.8, 4) is 16.9 Å². The Morgan fingerprint density at radius 2 is 1.71 bits per heavy atom. The van der Waals surface area contributed by atoms with Gasteiger partial charge >= 0.3 is 6.18 Å². The van der Waals surface area contributed by atoms with Gasteiger partial charge in [-0.3, -0.25) is 4.79 Å². The maximum atomic E-state index is 13.6. The molecule has 5 N–H and O–H groups in total. The van der Waals surface area contributed by atoms with Crippen LogP contribution in [0.3, 0.4) is 0 Å². The molecular weight excluding hydrogens is 495 g/mol. The van der Waals surface area contributed by atoms with E-state index >= 15 is 0 Å². The van der Waals surface area contributed by atoms with Gasteiger partial charge in [0.25, 0.3) is 0 Å². The van der Waals surface area contributed by atoms with E-state index in [2.05, 4.69) is 10.4 Å². The highest BCUT2D eigenvalue weighted by Crippen LogP contribution is 2.36. The summed E-state index contributed by atoms with van der Waals surface area (Å²) in [5, 5.41) is 8.39. The Bertz CT molecular complexity index is 1590. The SMILES string of the molecule is NCCCC[C@@H](N)C(=O)Nc1ccc(-n2nc(C(F)(F)F)cc2-c2ccc3c(c2)oc2ccccc23)cc1. The fourth-order valence-electron chi connectivity index (χ4n) is 4.37. The molecule has 0 bridgehead atoms. The zero-order chi connectivity index (χ0) is 26.9. The molecule has 0 fully saturated rings. The van der Waals surface area contributed by atoms with Crippen LogP contribution in [0.2, 0.25) is 0 Å². The first kappa shape index (κ1) is 25.5. The summed E-state index contributed by atoms with van der Waals surface area (Å²) in [6, 6.07) is 19.5. The van der Waals surface area contributed by atoms with Gasteiger partial charge in [0, 0.05) is 22.0 Å². The van der Waals surface area contributed by atoms with E-state index in [1.165, 1.54) is 4.68 Å². The molecule has 0 aliphatic heterocycles. The van der Waals surface area contributed by atoms with Crippen LogP contribution in [0, 0.1) is 0 Å². The summed E-state index contributed by atoms with van der Waals surface area (Å²) in [6.07, 6.45) is -2.59. The highest BCUT2D eigenvalue weighted by Gasteiger charge is 2.35. The summed E-state index contributed by atoms with van der Waals surface area (Å²) in [4.78, 5) is 12.4. The average Bonchev–Trinajstić information content (AvgIpc) is 3.51. The molecule has 2 aromatic heterocycles. The third-order valence-corrected chi connectivity index (χ3v) is 6.36. The van der Waals surface area contributed by atoms with Gasteiger partial charge in [0.1, 0.15) is 11.2 Å². The lowest BCUT2D eigenvalue weighted by Gasteiger charge is -2.13. The molecule has 0 spiro atoms. The molecular formula is C28H26F3N5O2. The molecule has 0 saturated heterocycles. The number of unbranched alkanes of at least 4 members (excludes halogenated alkanes) is 1. The summed E-state index contributed by atoms with van der Waals surface area (Å²) in [5.74, 6) is -0.340. The van der Waals surface area contributed by atoms with E-state index in [1.54, 1.807) is 36.4 Å². The second kappa shape index (κ2) is 10.3. The van der Waals surface area contributed by atoms with E-state index in [9.17, 15) is 18.0 Å². The normalized spacial score (nSPS) is 12.8. The predicted molar refractivity (Wildman–Crippen MR) is 141 cm³/mol. The van der Waals surface area contributed by atoms with Crippen molar-refractivity contribution in [2.75, 3.05) is 11.9 Å².